The van der Waals surface area contributed by atoms with Gasteiger partial charge in [-0.05, 0) is 12.8 Å². The maximum absolute atomic E-state index is 9.60. The van der Waals surface area contributed by atoms with E-state index in [1.165, 1.54) is 0 Å². The van der Waals surface area contributed by atoms with Gasteiger partial charge in [0, 0.05) is 39.4 Å². The van der Waals surface area contributed by atoms with Crippen LogP contribution in [0.4, 0.5) is 0 Å². The zero-order chi connectivity index (χ0) is 13.5. The monoisotopic (exact) mass is 258 g/mol. The average Bonchev–Trinajstić information content (AvgIpc) is 2.38. The van der Waals surface area contributed by atoms with E-state index in [9.17, 15) is 5.11 Å². The van der Waals surface area contributed by atoms with Crippen LogP contribution in [-0.4, -0.2) is 60.8 Å². The lowest BCUT2D eigenvalue weighted by Crippen LogP contribution is -2.35. The molecule has 5 nitrogen and oxygen atoms in total. The Kier molecular flexibility index (Phi) is 13.8. The van der Waals surface area contributed by atoms with Gasteiger partial charge in [0.1, 0.15) is 0 Å². The minimum Gasteiger partial charge on any atom is -0.396 e. The van der Waals surface area contributed by atoms with Crippen molar-refractivity contribution in [1.82, 2.24) is 10.6 Å². The van der Waals surface area contributed by atoms with E-state index < -0.39 is 6.10 Å². The van der Waals surface area contributed by atoms with Crippen LogP contribution in [0, 0.1) is 0 Å². The van der Waals surface area contributed by atoms with Gasteiger partial charge >= 0.3 is 0 Å². The molecule has 106 valence electrons. The summed E-state index contributed by atoms with van der Waals surface area (Å²) in [4.78, 5) is 0. The summed E-state index contributed by atoms with van der Waals surface area (Å²) in [7, 11) is 0. The first kappa shape index (κ1) is 17.3. The molecule has 0 saturated carbocycles. The highest BCUT2D eigenvalue weighted by atomic mass is 16.3. The third-order valence-electron chi connectivity index (χ3n) is 2.21. The summed E-state index contributed by atoms with van der Waals surface area (Å²) >= 11 is 0. The van der Waals surface area contributed by atoms with Crippen LogP contribution in [0.1, 0.15) is 12.8 Å². The van der Waals surface area contributed by atoms with E-state index in [1.54, 1.807) is 0 Å². The predicted octanol–water partition coefficient (Wildman–Crippen LogP) is -0.596. The Hall–Kier alpha value is -0.720. The summed E-state index contributed by atoms with van der Waals surface area (Å²) in [6.45, 7) is 2.83. The van der Waals surface area contributed by atoms with Gasteiger partial charge in [0.25, 0.3) is 0 Å². The number of nitrogens with one attached hydrogen (secondary N) is 2. The summed E-state index contributed by atoms with van der Waals surface area (Å²) in [5, 5.41) is 32.9. The van der Waals surface area contributed by atoms with Crippen LogP contribution >= 0.6 is 0 Å². The van der Waals surface area contributed by atoms with Gasteiger partial charge in [-0.15, -0.1) is 0 Å². The Morgan fingerprint density at radius 1 is 0.778 bits per heavy atom. The van der Waals surface area contributed by atoms with Gasteiger partial charge in [-0.25, -0.2) is 0 Å². The van der Waals surface area contributed by atoms with E-state index in [4.69, 9.17) is 10.2 Å². The van der Waals surface area contributed by atoms with Crippen LogP contribution < -0.4 is 10.6 Å². The van der Waals surface area contributed by atoms with Crippen LogP contribution in [-0.2, 0) is 0 Å². The molecule has 0 heterocycles. The molecule has 0 rings (SSSR count). The highest BCUT2D eigenvalue weighted by Gasteiger charge is 2.00. The van der Waals surface area contributed by atoms with Crippen LogP contribution in [0.2, 0.25) is 0 Å². The maximum atomic E-state index is 9.60. The number of rotatable bonds is 12. The van der Waals surface area contributed by atoms with E-state index in [0.29, 0.717) is 39.0 Å². The molecule has 0 aromatic heterocycles. The summed E-state index contributed by atoms with van der Waals surface area (Å²) < 4.78 is 0. The van der Waals surface area contributed by atoms with Crippen molar-refractivity contribution in [1.29, 1.82) is 0 Å². The summed E-state index contributed by atoms with van der Waals surface area (Å²) in [5.41, 5.74) is 0. The molecule has 5 N–H and O–H groups in total. The molecule has 0 aliphatic heterocycles. The number of aliphatic hydroxyl groups excluding tert-OH is 3. The largest absolute Gasteiger partial charge is 0.396 e. The smallest absolute Gasteiger partial charge is 0.0788 e. The third-order valence-corrected chi connectivity index (χ3v) is 2.21. The van der Waals surface area contributed by atoms with Crippen LogP contribution in [0.3, 0.4) is 0 Å². The Morgan fingerprint density at radius 3 is 1.61 bits per heavy atom. The maximum Gasteiger partial charge on any atom is 0.0788 e. The van der Waals surface area contributed by atoms with Crippen LogP contribution in [0.5, 0.6) is 0 Å². The predicted molar refractivity (Wildman–Crippen MR) is 73.4 cm³/mol. The van der Waals surface area contributed by atoms with Crippen molar-refractivity contribution in [2.45, 2.75) is 18.9 Å². The van der Waals surface area contributed by atoms with Gasteiger partial charge in [-0.2, -0.15) is 0 Å². The topological polar surface area (TPSA) is 84.8 Å². The molecule has 0 aromatic rings. The Bertz CT molecular complexity index is 198. The molecule has 0 bridgehead atoms. The lowest BCUT2D eigenvalue weighted by atomic mass is 10.3. The van der Waals surface area contributed by atoms with E-state index >= 15 is 0 Å². The molecular weight excluding hydrogens is 232 g/mol. The SMILES string of the molecule is OCCC=CCNCC(O)CNCC=CCCO. The zero-order valence-corrected chi connectivity index (χ0v) is 10.9. The van der Waals surface area contributed by atoms with Gasteiger partial charge in [-0.1, -0.05) is 24.3 Å². The first-order chi connectivity index (χ1) is 8.81. The van der Waals surface area contributed by atoms with Gasteiger partial charge in [-0.3, -0.25) is 0 Å². The molecule has 0 amide bonds. The lowest BCUT2D eigenvalue weighted by molar-refractivity contribution is 0.171. The van der Waals surface area contributed by atoms with Gasteiger partial charge in [0.2, 0.25) is 0 Å². The van der Waals surface area contributed by atoms with Crippen molar-refractivity contribution < 1.29 is 15.3 Å². The third kappa shape index (κ3) is 13.3. The Balaban J connectivity index is 3.29. The molecule has 5 heteroatoms. The fourth-order valence-electron chi connectivity index (χ4n) is 1.29. The minimum atomic E-state index is -0.414. The van der Waals surface area contributed by atoms with Crippen molar-refractivity contribution in [2.75, 3.05) is 39.4 Å². The second-order valence-electron chi connectivity index (χ2n) is 3.94. The van der Waals surface area contributed by atoms with Crippen molar-refractivity contribution in [3.8, 4) is 0 Å². The molecule has 0 aliphatic carbocycles. The minimum absolute atomic E-state index is 0.173. The second kappa shape index (κ2) is 14.3. The lowest BCUT2D eigenvalue weighted by Gasteiger charge is -2.11. The molecule has 0 unspecified atom stereocenters. The van der Waals surface area contributed by atoms with E-state index in [1.807, 2.05) is 24.3 Å². The van der Waals surface area contributed by atoms with Crippen molar-refractivity contribution in [2.24, 2.45) is 0 Å². The molecule has 0 radical (unpaired) electrons. The summed E-state index contributed by atoms with van der Waals surface area (Å²) in [6.07, 6.45) is 8.62. The average molecular weight is 258 g/mol. The molecule has 0 spiro atoms. The fraction of sp³-hybridized carbons (Fsp3) is 0.692. The first-order valence-corrected chi connectivity index (χ1v) is 6.42. The number of hydrogen-bond acceptors (Lipinski definition) is 5. The molecule has 0 fully saturated rings. The first-order valence-electron chi connectivity index (χ1n) is 6.42. The van der Waals surface area contributed by atoms with Crippen molar-refractivity contribution in [3.05, 3.63) is 24.3 Å². The summed E-state index contributed by atoms with van der Waals surface area (Å²) in [6, 6.07) is 0. The Morgan fingerprint density at radius 2 is 1.22 bits per heavy atom. The highest BCUT2D eigenvalue weighted by Crippen LogP contribution is 1.82. The van der Waals surface area contributed by atoms with Crippen molar-refractivity contribution >= 4 is 0 Å². The Labute approximate surface area is 109 Å². The van der Waals surface area contributed by atoms with Gasteiger partial charge in [0.15, 0.2) is 0 Å². The zero-order valence-electron chi connectivity index (χ0n) is 10.9. The van der Waals surface area contributed by atoms with Crippen LogP contribution in [0.25, 0.3) is 0 Å². The number of aliphatic hydroxyl groups is 3. The van der Waals surface area contributed by atoms with E-state index in [0.717, 1.165) is 0 Å². The van der Waals surface area contributed by atoms with E-state index in [2.05, 4.69) is 10.6 Å². The molecule has 0 saturated heterocycles. The highest BCUT2D eigenvalue weighted by molar-refractivity contribution is 4.85. The molecule has 0 atom stereocenters. The molecule has 0 aliphatic rings. The van der Waals surface area contributed by atoms with Gasteiger partial charge in [0.05, 0.1) is 6.10 Å². The van der Waals surface area contributed by atoms with Gasteiger partial charge < -0.3 is 26.0 Å². The molecule has 0 aromatic carbocycles. The number of hydrogen-bond donors (Lipinski definition) is 5. The van der Waals surface area contributed by atoms with Crippen molar-refractivity contribution in [3.63, 3.8) is 0 Å². The quantitative estimate of drug-likeness (QED) is 0.238. The fourth-order valence-corrected chi connectivity index (χ4v) is 1.29. The second-order valence-corrected chi connectivity index (χ2v) is 3.94. The van der Waals surface area contributed by atoms with Crippen LogP contribution in [0.15, 0.2) is 24.3 Å². The summed E-state index contributed by atoms with van der Waals surface area (Å²) in [5.74, 6) is 0. The standard InChI is InChI=1S/C13H26N2O3/c16-9-5-1-3-7-14-11-13(18)12-15-8-4-2-6-10-17/h1-4,13-18H,5-12H2. The van der Waals surface area contributed by atoms with E-state index in [-0.39, 0.29) is 13.2 Å². The molecule has 18 heavy (non-hydrogen) atoms. The molecular formula is C13H26N2O3. The normalized spacial score (nSPS) is 13.7.